The second-order valence-corrected chi connectivity index (χ2v) is 7.19. The van der Waals surface area contributed by atoms with Crippen molar-refractivity contribution >= 4 is 17.4 Å². The zero-order valence-corrected chi connectivity index (χ0v) is 13.2. The van der Waals surface area contributed by atoms with Gasteiger partial charge in [0.2, 0.25) is 5.89 Å². The van der Waals surface area contributed by atoms with Crippen molar-refractivity contribution in [3.63, 3.8) is 0 Å². The van der Waals surface area contributed by atoms with Gasteiger partial charge in [-0.1, -0.05) is 31.1 Å². The molecule has 1 aromatic heterocycles. The molecule has 20 heavy (non-hydrogen) atoms. The third-order valence-electron chi connectivity index (χ3n) is 3.18. The van der Waals surface area contributed by atoms with Gasteiger partial charge in [0.15, 0.2) is 5.82 Å². The lowest BCUT2D eigenvalue weighted by molar-refractivity contribution is 0.330. The molecule has 2 N–H and O–H groups in total. The number of benzene rings is 1. The minimum atomic E-state index is -0.318. The van der Waals surface area contributed by atoms with Crippen molar-refractivity contribution in [2.45, 2.75) is 44.1 Å². The Hall–Kier alpha value is -1.49. The molecule has 2 rings (SSSR count). The predicted molar refractivity (Wildman–Crippen MR) is 83.7 cm³/mol. The van der Waals surface area contributed by atoms with Gasteiger partial charge in [0.05, 0.1) is 11.2 Å². The topological polar surface area (TPSA) is 64.9 Å². The van der Waals surface area contributed by atoms with Crippen molar-refractivity contribution in [1.29, 1.82) is 0 Å². The summed E-state index contributed by atoms with van der Waals surface area (Å²) in [5, 5.41) is 4.62. The SMILES string of the molecule is CC(C)SCc1noc(C(C)(C)c2ccc(N)cc2)n1. The molecule has 0 bridgehead atoms. The highest BCUT2D eigenvalue weighted by Gasteiger charge is 2.29. The highest BCUT2D eigenvalue weighted by molar-refractivity contribution is 7.99. The number of thioether (sulfide) groups is 1. The highest BCUT2D eigenvalue weighted by Crippen LogP contribution is 2.31. The first kappa shape index (κ1) is 14.9. The minimum Gasteiger partial charge on any atom is -0.399 e. The molecule has 0 saturated carbocycles. The highest BCUT2D eigenvalue weighted by atomic mass is 32.2. The van der Waals surface area contributed by atoms with Gasteiger partial charge in [0, 0.05) is 5.69 Å². The molecular formula is C15H21N3OS. The predicted octanol–water partition coefficient (Wildman–Crippen LogP) is 3.62. The second-order valence-electron chi connectivity index (χ2n) is 5.62. The number of rotatable bonds is 5. The average molecular weight is 291 g/mol. The Morgan fingerprint density at radius 3 is 2.50 bits per heavy atom. The van der Waals surface area contributed by atoms with Crippen LogP contribution in [0.3, 0.4) is 0 Å². The van der Waals surface area contributed by atoms with Crippen LogP contribution in [0.4, 0.5) is 5.69 Å². The van der Waals surface area contributed by atoms with E-state index >= 15 is 0 Å². The fourth-order valence-electron chi connectivity index (χ4n) is 1.83. The van der Waals surface area contributed by atoms with E-state index in [1.165, 1.54) is 0 Å². The lowest BCUT2D eigenvalue weighted by Crippen LogP contribution is -2.19. The maximum Gasteiger partial charge on any atom is 0.236 e. The van der Waals surface area contributed by atoms with Crippen LogP contribution >= 0.6 is 11.8 Å². The maximum atomic E-state index is 5.73. The van der Waals surface area contributed by atoms with Gasteiger partial charge >= 0.3 is 0 Å². The van der Waals surface area contributed by atoms with Crippen LogP contribution in [0.1, 0.15) is 45.0 Å². The Kier molecular flexibility index (Phi) is 4.38. The summed E-state index contributed by atoms with van der Waals surface area (Å²) in [7, 11) is 0. The van der Waals surface area contributed by atoms with E-state index in [4.69, 9.17) is 10.3 Å². The van der Waals surface area contributed by atoms with Gasteiger partial charge in [-0.3, -0.25) is 0 Å². The van der Waals surface area contributed by atoms with E-state index in [0.717, 1.165) is 22.8 Å². The molecule has 0 fully saturated rings. The number of aromatic nitrogens is 2. The van der Waals surface area contributed by atoms with Crippen LogP contribution in [0.15, 0.2) is 28.8 Å². The monoisotopic (exact) mass is 291 g/mol. The van der Waals surface area contributed by atoms with Crippen molar-refractivity contribution in [2.24, 2.45) is 0 Å². The summed E-state index contributed by atoms with van der Waals surface area (Å²) >= 11 is 1.80. The first-order valence-corrected chi connectivity index (χ1v) is 7.75. The molecule has 2 aromatic rings. The second kappa shape index (κ2) is 5.87. The number of hydrogen-bond donors (Lipinski definition) is 1. The molecule has 5 heteroatoms. The molecule has 0 saturated heterocycles. The molecule has 1 heterocycles. The molecule has 4 nitrogen and oxygen atoms in total. The summed E-state index contributed by atoms with van der Waals surface area (Å²) in [6, 6.07) is 7.79. The molecular weight excluding hydrogens is 270 g/mol. The van der Waals surface area contributed by atoms with Crippen LogP contribution in [-0.4, -0.2) is 15.4 Å². The Labute approximate surface area is 124 Å². The Bertz CT molecular complexity index is 561. The standard InChI is InChI=1S/C15H21N3OS/c1-10(2)20-9-13-17-14(19-18-13)15(3,4)11-5-7-12(16)8-6-11/h5-8,10H,9,16H2,1-4H3. The van der Waals surface area contributed by atoms with Crippen molar-refractivity contribution in [1.82, 2.24) is 10.1 Å². The fraction of sp³-hybridized carbons (Fsp3) is 0.467. The minimum absolute atomic E-state index is 0.318. The molecule has 1 aromatic carbocycles. The van der Waals surface area contributed by atoms with Gasteiger partial charge in [-0.05, 0) is 36.8 Å². The lowest BCUT2D eigenvalue weighted by atomic mass is 9.84. The Balaban J connectivity index is 2.19. The van der Waals surface area contributed by atoms with Crippen LogP contribution < -0.4 is 5.73 Å². The lowest BCUT2D eigenvalue weighted by Gasteiger charge is -2.20. The number of anilines is 1. The van der Waals surface area contributed by atoms with Gasteiger partial charge in [-0.25, -0.2) is 0 Å². The van der Waals surface area contributed by atoms with Gasteiger partial charge in [-0.2, -0.15) is 16.7 Å². The first-order valence-electron chi connectivity index (χ1n) is 6.70. The van der Waals surface area contributed by atoms with Crippen LogP contribution in [0.2, 0.25) is 0 Å². The largest absolute Gasteiger partial charge is 0.399 e. The smallest absolute Gasteiger partial charge is 0.236 e. The van der Waals surface area contributed by atoms with Gasteiger partial charge in [-0.15, -0.1) is 0 Å². The van der Waals surface area contributed by atoms with E-state index in [-0.39, 0.29) is 5.41 Å². The first-order chi connectivity index (χ1) is 9.39. The average Bonchev–Trinajstić information content (AvgIpc) is 2.86. The Morgan fingerprint density at radius 1 is 1.25 bits per heavy atom. The van der Waals surface area contributed by atoms with Gasteiger partial charge in [0.25, 0.3) is 0 Å². The Morgan fingerprint density at radius 2 is 1.90 bits per heavy atom. The summed E-state index contributed by atoms with van der Waals surface area (Å²) in [5.41, 5.74) is 7.27. The van der Waals surface area contributed by atoms with E-state index in [1.807, 2.05) is 24.3 Å². The number of nitrogens with zero attached hydrogens (tertiary/aromatic N) is 2. The molecule has 0 aliphatic carbocycles. The van der Waals surface area contributed by atoms with Crippen LogP contribution in [0, 0.1) is 0 Å². The van der Waals surface area contributed by atoms with Crippen molar-refractivity contribution in [2.75, 3.05) is 5.73 Å². The molecule has 0 amide bonds. The van der Waals surface area contributed by atoms with Gasteiger partial charge < -0.3 is 10.3 Å². The molecule has 0 atom stereocenters. The molecule has 0 aliphatic heterocycles. The van der Waals surface area contributed by atoms with E-state index < -0.39 is 0 Å². The van der Waals surface area contributed by atoms with E-state index in [2.05, 4.69) is 37.8 Å². The summed E-state index contributed by atoms with van der Waals surface area (Å²) in [6.07, 6.45) is 0. The van der Waals surface area contributed by atoms with Crippen LogP contribution in [0.25, 0.3) is 0 Å². The van der Waals surface area contributed by atoms with Crippen LogP contribution in [-0.2, 0) is 11.2 Å². The number of nitrogens with two attached hydrogens (primary N) is 1. The van der Waals surface area contributed by atoms with E-state index in [1.54, 1.807) is 11.8 Å². The quantitative estimate of drug-likeness (QED) is 0.852. The third-order valence-corrected chi connectivity index (χ3v) is 4.27. The molecule has 0 aliphatic rings. The van der Waals surface area contributed by atoms with Crippen molar-refractivity contribution in [3.05, 3.63) is 41.5 Å². The molecule has 108 valence electrons. The summed E-state index contributed by atoms with van der Waals surface area (Å²) < 4.78 is 5.44. The fourth-order valence-corrected chi connectivity index (χ4v) is 2.43. The molecule has 0 radical (unpaired) electrons. The normalized spacial score (nSPS) is 12.1. The molecule has 0 unspecified atom stereocenters. The summed E-state index contributed by atoms with van der Waals surface area (Å²) in [4.78, 5) is 4.52. The summed E-state index contributed by atoms with van der Waals surface area (Å²) in [5.74, 6) is 2.17. The van der Waals surface area contributed by atoms with Crippen LogP contribution in [0.5, 0.6) is 0 Å². The maximum absolute atomic E-state index is 5.73. The van der Waals surface area contributed by atoms with Crippen molar-refractivity contribution < 1.29 is 4.52 Å². The van der Waals surface area contributed by atoms with E-state index in [9.17, 15) is 0 Å². The van der Waals surface area contributed by atoms with Crippen molar-refractivity contribution in [3.8, 4) is 0 Å². The zero-order valence-electron chi connectivity index (χ0n) is 12.4. The number of hydrogen-bond acceptors (Lipinski definition) is 5. The van der Waals surface area contributed by atoms with E-state index in [0.29, 0.717) is 11.1 Å². The molecule has 0 spiro atoms. The number of nitrogen functional groups attached to an aromatic ring is 1. The van der Waals surface area contributed by atoms with Gasteiger partial charge in [0.1, 0.15) is 0 Å². The third kappa shape index (κ3) is 3.33. The zero-order chi connectivity index (χ0) is 14.8. The summed E-state index contributed by atoms with van der Waals surface area (Å²) in [6.45, 7) is 8.46.